The van der Waals surface area contributed by atoms with Gasteiger partial charge in [0.15, 0.2) is 0 Å². The monoisotopic (exact) mass is 270 g/mol. The molecule has 0 aliphatic heterocycles. The fraction of sp³-hybridized carbons (Fsp3) is 0.188. The molecule has 0 amide bonds. The van der Waals surface area contributed by atoms with Crippen LogP contribution in [0.1, 0.15) is 11.4 Å². The number of aromatic nitrogens is 2. The lowest BCUT2D eigenvalue weighted by Gasteiger charge is -2.08. The number of hydrogen-bond donors (Lipinski definition) is 0. The third-order valence-corrected chi connectivity index (χ3v) is 3.28. The molecule has 2 aromatic heterocycles. The van der Waals surface area contributed by atoms with Crippen molar-refractivity contribution in [3.05, 3.63) is 59.8 Å². The van der Waals surface area contributed by atoms with E-state index in [-0.39, 0.29) is 5.82 Å². The zero-order valence-corrected chi connectivity index (χ0v) is 11.4. The SMILES string of the molecule is COc1cc(C)nc(Cn2ccc3ccc(F)cc32)c1. The summed E-state index contributed by atoms with van der Waals surface area (Å²) in [6.45, 7) is 2.52. The minimum Gasteiger partial charge on any atom is -0.497 e. The molecule has 0 saturated carbocycles. The number of hydrogen-bond acceptors (Lipinski definition) is 2. The van der Waals surface area contributed by atoms with Gasteiger partial charge in [-0.05, 0) is 36.6 Å². The van der Waals surface area contributed by atoms with Crippen LogP contribution in [0.5, 0.6) is 5.75 Å². The van der Waals surface area contributed by atoms with Crippen molar-refractivity contribution < 1.29 is 9.13 Å². The number of halogens is 1. The van der Waals surface area contributed by atoms with Gasteiger partial charge in [-0.3, -0.25) is 4.98 Å². The molecule has 2 heterocycles. The first-order valence-corrected chi connectivity index (χ1v) is 6.41. The van der Waals surface area contributed by atoms with Gasteiger partial charge in [0.05, 0.1) is 24.9 Å². The summed E-state index contributed by atoms with van der Waals surface area (Å²) in [5, 5.41) is 1.02. The van der Waals surface area contributed by atoms with Crippen molar-refractivity contribution in [2.24, 2.45) is 0 Å². The third-order valence-electron chi connectivity index (χ3n) is 3.28. The molecule has 0 fully saturated rings. The molecule has 0 spiro atoms. The molecule has 0 aliphatic carbocycles. The lowest BCUT2D eigenvalue weighted by Crippen LogP contribution is -2.02. The second kappa shape index (κ2) is 4.96. The quantitative estimate of drug-likeness (QED) is 0.728. The van der Waals surface area contributed by atoms with Crippen LogP contribution in [0.2, 0.25) is 0 Å². The average molecular weight is 270 g/mol. The van der Waals surface area contributed by atoms with Gasteiger partial charge >= 0.3 is 0 Å². The Morgan fingerprint density at radius 2 is 2.05 bits per heavy atom. The Hall–Kier alpha value is -2.36. The highest BCUT2D eigenvalue weighted by Gasteiger charge is 2.06. The topological polar surface area (TPSA) is 27.1 Å². The number of nitrogens with zero attached hydrogens (tertiary/aromatic N) is 2. The van der Waals surface area contributed by atoms with Gasteiger partial charge in [-0.2, -0.15) is 0 Å². The summed E-state index contributed by atoms with van der Waals surface area (Å²) >= 11 is 0. The molecule has 0 atom stereocenters. The van der Waals surface area contributed by atoms with E-state index in [2.05, 4.69) is 4.98 Å². The molecule has 3 nitrogen and oxygen atoms in total. The summed E-state index contributed by atoms with van der Waals surface area (Å²) in [6.07, 6.45) is 1.95. The fourth-order valence-corrected chi connectivity index (χ4v) is 2.37. The lowest BCUT2D eigenvalue weighted by molar-refractivity contribution is 0.413. The van der Waals surface area contributed by atoms with Crippen molar-refractivity contribution in [2.45, 2.75) is 13.5 Å². The van der Waals surface area contributed by atoms with Gasteiger partial charge in [0, 0.05) is 24.0 Å². The van der Waals surface area contributed by atoms with Crippen LogP contribution in [-0.2, 0) is 6.54 Å². The van der Waals surface area contributed by atoms with Gasteiger partial charge in [-0.15, -0.1) is 0 Å². The molecular formula is C16H15FN2O. The molecule has 0 bridgehead atoms. The Labute approximate surface area is 116 Å². The molecule has 3 rings (SSSR count). The van der Waals surface area contributed by atoms with Gasteiger partial charge in [0.1, 0.15) is 11.6 Å². The fourth-order valence-electron chi connectivity index (χ4n) is 2.37. The second-order valence-corrected chi connectivity index (χ2v) is 4.79. The molecule has 1 aromatic carbocycles. The normalized spacial score (nSPS) is 10.9. The molecular weight excluding hydrogens is 255 g/mol. The van der Waals surface area contributed by atoms with E-state index >= 15 is 0 Å². The summed E-state index contributed by atoms with van der Waals surface area (Å²) in [5.41, 5.74) is 2.66. The van der Waals surface area contributed by atoms with Crippen molar-refractivity contribution in [3.8, 4) is 5.75 Å². The Bertz CT molecular complexity index is 764. The number of ether oxygens (including phenoxy) is 1. The predicted octanol–water partition coefficient (Wildman–Crippen LogP) is 3.54. The molecule has 0 radical (unpaired) electrons. The number of fused-ring (bicyclic) bond motifs is 1. The zero-order chi connectivity index (χ0) is 14.1. The van der Waals surface area contributed by atoms with Gasteiger partial charge < -0.3 is 9.30 Å². The van der Waals surface area contributed by atoms with Gasteiger partial charge in [-0.1, -0.05) is 0 Å². The maximum atomic E-state index is 13.4. The van der Waals surface area contributed by atoms with Crippen molar-refractivity contribution in [3.63, 3.8) is 0 Å². The second-order valence-electron chi connectivity index (χ2n) is 4.79. The zero-order valence-electron chi connectivity index (χ0n) is 11.4. The number of rotatable bonds is 3. The third kappa shape index (κ3) is 2.37. The van der Waals surface area contributed by atoms with E-state index in [1.807, 2.05) is 35.9 Å². The minimum atomic E-state index is -0.229. The van der Waals surface area contributed by atoms with Crippen LogP contribution in [0.15, 0.2) is 42.6 Å². The maximum absolute atomic E-state index is 13.4. The van der Waals surface area contributed by atoms with E-state index in [4.69, 9.17) is 4.74 Å². The smallest absolute Gasteiger partial charge is 0.125 e. The molecule has 4 heteroatoms. The van der Waals surface area contributed by atoms with Crippen LogP contribution in [0.25, 0.3) is 10.9 Å². The molecule has 3 aromatic rings. The molecule has 102 valence electrons. The van der Waals surface area contributed by atoms with Crippen LogP contribution >= 0.6 is 0 Å². The van der Waals surface area contributed by atoms with Crippen LogP contribution < -0.4 is 4.74 Å². The summed E-state index contributed by atoms with van der Waals surface area (Å²) in [7, 11) is 1.64. The van der Waals surface area contributed by atoms with Crippen LogP contribution in [0.4, 0.5) is 4.39 Å². The summed E-state index contributed by atoms with van der Waals surface area (Å²) in [4.78, 5) is 4.49. The summed E-state index contributed by atoms with van der Waals surface area (Å²) in [5.74, 6) is 0.558. The van der Waals surface area contributed by atoms with Crippen LogP contribution in [-0.4, -0.2) is 16.7 Å². The van der Waals surface area contributed by atoms with E-state index < -0.39 is 0 Å². The molecule has 0 aliphatic rings. The first kappa shape index (κ1) is 12.7. The van der Waals surface area contributed by atoms with E-state index in [0.29, 0.717) is 6.54 Å². The van der Waals surface area contributed by atoms with Crippen molar-refractivity contribution in [1.82, 2.24) is 9.55 Å². The number of aryl methyl sites for hydroxylation is 1. The first-order valence-electron chi connectivity index (χ1n) is 6.41. The van der Waals surface area contributed by atoms with Crippen molar-refractivity contribution in [1.29, 1.82) is 0 Å². The maximum Gasteiger partial charge on any atom is 0.125 e. The van der Waals surface area contributed by atoms with Crippen LogP contribution in [0, 0.1) is 12.7 Å². The largest absolute Gasteiger partial charge is 0.497 e. The van der Waals surface area contributed by atoms with E-state index in [0.717, 1.165) is 28.0 Å². The summed E-state index contributed by atoms with van der Waals surface area (Å²) < 4.78 is 20.6. The van der Waals surface area contributed by atoms with Gasteiger partial charge in [0.2, 0.25) is 0 Å². The Balaban J connectivity index is 2.00. The standard InChI is InChI=1S/C16H15FN2O/c1-11-7-15(20-2)9-14(18-11)10-19-6-5-12-3-4-13(17)8-16(12)19/h3-9H,10H2,1-2H3. The van der Waals surface area contributed by atoms with Gasteiger partial charge in [0.25, 0.3) is 0 Å². The molecule has 20 heavy (non-hydrogen) atoms. The predicted molar refractivity (Wildman–Crippen MR) is 76.5 cm³/mol. The average Bonchev–Trinajstić information content (AvgIpc) is 2.80. The Morgan fingerprint density at radius 3 is 2.85 bits per heavy atom. The van der Waals surface area contributed by atoms with E-state index in [9.17, 15) is 4.39 Å². The Kier molecular flexibility index (Phi) is 3.14. The van der Waals surface area contributed by atoms with Crippen LogP contribution in [0.3, 0.4) is 0 Å². The molecule has 0 unspecified atom stereocenters. The molecule has 0 N–H and O–H groups in total. The highest BCUT2D eigenvalue weighted by molar-refractivity contribution is 5.80. The number of benzene rings is 1. The van der Waals surface area contributed by atoms with Gasteiger partial charge in [-0.25, -0.2) is 4.39 Å². The lowest BCUT2D eigenvalue weighted by atomic mass is 10.2. The van der Waals surface area contributed by atoms with E-state index in [1.165, 1.54) is 6.07 Å². The van der Waals surface area contributed by atoms with Crippen molar-refractivity contribution in [2.75, 3.05) is 7.11 Å². The number of methoxy groups -OCH3 is 1. The Morgan fingerprint density at radius 1 is 1.20 bits per heavy atom. The van der Waals surface area contributed by atoms with E-state index in [1.54, 1.807) is 19.2 Å². The number of pyridine rings is 1. The minimum absolute atomic E-state index is 0.229. The molecule has 0 saturated heterocycles. The first-order chi connectivity index (χ1) is 9.65. The van der Waals surface area contributed by atoms with Crippen molar-refractivity contribution >= 4 is 10.9 Å². The summed E-state index contributed by atoms with van der Waals surface area (Å²) in [6, 6.07) is 10.6. The highest BCUT2D eigenvalue weighted by Crippen LogP contribution is 2.20. The highest BCUT2D eigenvalue weighted by atomic mass is 19.1.